The van der Waals surface area contributed by atoms with Crippen molar-refractivity contribution in [1.29, 1.82) is 0 Å². The summed E-state index contributed by atoms with van der Waals surface area (Å²) in [6, 6.07) is 9.20. The topological polar surface area (TPSA) is 99.1 Å². The third-order valence-electron chi connectivity index (χ3n) is 4.15. The van der Waals surface area contributed by atoms with E-state index in [-0.39, 0.29) is 13.0 Å². The van der Waals surface area contributed by atoms with Crippen molar-refractivity contribution >= 4 is 17.8 Å². The lowest BCUT2D eigenvalue weighted by Crippen LogP contribution is -2.46. The van der Waals surface area contributed by atoms with Gasteiger partial charge in [-0.05, 0) is 42.8 Å². The second-order valence-corrected chi connectivity index (χ2v) is 6.44. The van der Waals surface area contributed by atoms with Crippen LogP contribution in [0, 0.1) is 0 Å². The number of carbonyl (C=O) groups excluding carboxylic acids is 1. The molecule has 2 aromatic carbocycles. The summed E-state index contributed by atoms with van der Waals surface area (Å²) in [5.74, 6) is 0.429. The van der Waals surface area contributed by atoms with E-state index in [0.717, 1.165) is 12.1 Å². The monoisotopic (exact) mass is 426 g/mol. The number of alkyl halides is 3. The van der Waals surface area contributed by atoms with Crippen molar-refractivity contribution in [2.75, 3.05) is 18.5 Å². The number of amides is 3. The highest BCUT2D eigenvalue weighted by Crippen LogP contribution is 2.29. The van der Waals surface area contributed by atoms with Gasteiger partial charge in [-0.3, -0.25) is 0 Å². The molecular formula is C20H21F3N2O5. The quantitative estimate of drug-likeness (QED) is 0.616. The van der Waals surface area contributed by atoms with Crippen molar-refractivity contribution in [3.05, 3.63) is 59.7 Å². The van der Waals surface area contributed by atoms with E-state index in [9.17, 15) is 22.8 Å². The first kappa shape index (κ1) is 23.0. The second-order valence-electron chi connectivity index (χ2n) is 6.44. The molecule has 3 amide bonds. The molecule has 0 saturated carbocycles. The Bertz CT molecular complexity index is 871. The summed E-state index contributed by atoms with van der Waals surface area (Å²) in [5.41, 5.74) is 0.0770. The summed E-state index contributed by atoms with van der Waals surface area (Å²) < 4.78 is 43.7. The van der Waals surface area contributed by atoms with Crippen LogP contribution in [0.2, 0.25) is 0 Å². The molecule has 1 unspecified atom stereocenters. The van der Waals surface area contributed by atoms with Gasteiger partial charge in [0.1, 0.15) is 5.75 Å². The Kier molecular flexibility index (Phi) is 7.65. The smallest absolute Gasteiger partial charge is 0.416 e. The number of aliphatic hydroxyl groups excluding tert-OH is 1. The van der Waals surface area contributed by atoms with Crippen LogP contribution in [0.25, 0.3) is 0 Å². The highest BCUT2D eigenvalue weighted by molar-refractivity contribution is 5.98. The Balaban J connectivity index is 1.91. The molecule has 0 saturated heterocycles. The summed E-state index contributed by atoms with van der Waals surface area (Å²) >= 11 is 0. The molecule has 0 spiro atoms. The molecule has 2 rings (SSSR count). The van der Waals surface area contributed by atoms with Gasteiger partial charge in [0.25, 0.3) is 0 Å². The number of carbonyl (C=O) groups is 2. The Morgan fingerprint density at radius 2 is 1.83 bits per heavy atom. The first-order valence-electron chi connectivity index (χ1n) is 8.95. The zero-order valence-corrected chi connectivity index (χ0v) is 16.0. The Labute approximate surface area is 170 Å². The molecule has 2 aromatic rings. The van der Waals surface area contributed by atoms with E-state index in [1.165, 1.54) is 37.3 Å². The summed E-state index contributed by atoms with van der Waals surface area (Å²) in [6.07, 6.45) is -5.62. The number of imide groups is 1. The van der Waals surface area contributed by atoms with Crippen molar-refractivity contribution in [2.45, 2.75) is 25.6 Å². The minimum atomic E-state index is -4.40. The highest BCUT2D eigenvalue weighted by Gasteiger charge is 2.30. The molecular weight excluding hydrogens is 405 g/mol. The predicted molar refractivity (Wildman–Crippen MR) is 103 cm³/mol. The lowest BCUT2D eigenvalue weighted by Gasteiger charge is -2.23. The van der Waals surface area contributed by atoms with Crippen LogP contribution in [0.1, 0.15) is 18.1 Å². The molecule has 0 aromatic heterocycles. The van der Waals surface area contributed by atoms with E-state index in [2.05, 4.69) is 5.32 Å². The highest BCUT2D eigenvalue weighted by atomic mass is 19.4. The summed E-state index contributed by atoms with van der Waals surface area (Å²) in [7, 11) is 0. The number of hydrogen-bond acceptors (Lipinski definition) is 4. The van der Waals surface area contributed by atoms with Gasteiger partial charge >= 0.3 is 18.3 Å². The van der Waals surface area contributed by atoms with E-state index < -0.39 is 36.5 Å². The van der Waals surface area contributed by atoms with Crippen molar-refractivity contribution in [3.8, 4) is 5.75 Å². The van der Waals surface area contributed by atoms with E-state index in [1.54, 1.807) is 6.07 Å². The van der Waals surface area contributed by atoms with Crippen LogP contribution in [0.15, 0.2) is 48.5 Å². The number of halogens is 3. The molecule has 0 aliphatic heterocycles. The van der Waals surface area contributed by atoms with Gasteiger partial charge in [0.2, 0.25) is 0 Å². The molecule has 7 nitrogen and oxygen atoms in total. The van der Waals surface area contributed by atoms with E-state index in [0.29, 0.717) is 21.9 Å². The number of nitrogens with one attached hydrogen (secondary N) is 1. The molecule has 1 atom stereocenters. The van der Waals surface area contributed by atoms with Gasteiger partial charge < -0.3 is 20.3 Å². The molecule has 162 valence electrons. The molecule has 3 N–H and O–H groups in total. The molecule has 30 heavy (non-hydrogen) atoms. The van der Waals surface area contributed by atoms with Gasteiger partial charge in [0, 0.05) is 12.1 Å². The molecule has 10 heteroatoms. The molecule has 0 fully saturated rings. The van der Waals surface area contributed by atoms with Crippen LogP contribution in [0.3, 0.4) is 0 Å². The number of ether oxygens (including phenoxy) is 1. The van der Waals surface area contributed by atoms with Crippen LogP contribution in [0.4, 0.5) is 28.4 Å². The Morgan fingerprint density at radius 3 is 2.40 bits per heavy atom. The molecule has 0 radical (unpaired) electrons. The van der Waals surface area contributed by atoms with Crippen molar-refractivity contribution in [2.24, 2.45) is 0 Å². The van der Waals surface area contributed by atoms with Crippen LogP contribution in [-0.2, 0) is 12.6 Å². The van der Waals surface area contributed by atoms with Gasteiger partial charge in [-0.1, -0.05) is 18.2 Å². The molecule has 0 heterocycles. The zero-order valence-electron chi connectivity index (χ0n) is 16.0. The van der Waals surface area contributed by atoms with Crippen LogP contribution in [0.5, 0.6) is 5.75 Å². The number of hydrogen-bond donors (Lipinski definition) is 3. The fourth-order valence-electron chi connectivity index (χ4n) is 2.57. The number of urea groups is 1. The standard InChI is InChI=1S/C20H21F3N2O5/c1-13(12-26)25(19(28)29)18(27)24-16-5-7-17(8-6-16)30-10-9-14-3-2-4-15(11-14)20(21,22)23/h2-8,11,13,26H,9-10,12H2,1H3,(H,24,27)(H,28,29). The zero-order chi connectivity index (χ0) is 22.3. The third kappa shape index (κ3) is 6.38. The second kappa shape index (κ2) is 9.97. The van der Waals surface area contributed by atoms with E-state index in [4.69, 9.17) is 14.9 Å². The SMILES string of the molecule is CC(CO)N(C(=O)O)C(=O)Nc1ccc(OCCc2cccc(C(F)(F)F)c2)cc1. The van der Waals surface area contributed by atoms with Gasteiger partial charge in [0.15, 0.2) is 0 Å². The van der Waals surface area contributed by atoms with E-state index in [1.807, 2.05) is 0 Å². The lowest BCUT2D eigenvalue weighted by molar-refractivity contribution is -0.137. The van der Waals surface area contributed by atoms with Crippen LogP contribution >= 0.6 is 0 Å². The number of aliphatic hydroxyl groups is 1. The summed E-state index contributed by atoms with van der Waals surface area (Å²) in [4.78, 5) is 23.7. The minimum absolute atomic E-state index is 0.147. The maximum Gasteiger partial charge on any atom is 0.416 e. The summed E-state index contributed by atoms with van der Waals surface area (Å²) in [5, 5.41) is 20.6. The van der Waals surface area contributed by atoms with Crippen molar-refractivity contribution in [1.82, 2.24) is 4.90 Å². The maximum absolute atomic E-state index is 12.7. The van der Waals surface area contributed by atoms with Crippen LogP contribution < -0.4 is 10.1 Å². The van der Waals surface area contributed by atoms with Gasteiger partial charge in [0.05, 0.1) is 24.8 Å². The van der Waals surface area contributed by atoms with Gasteiger partial charge in [-0.15, -0.1) is 0 Å². The first-order valence-corrected chi connectivity index (χ1v) is 8.95. The molecule has 0 bridgehead atoms. The number of benzene rings is 2. The fraction of sp³-hybridized carbons (Fsp3) is 0.300. The average Bonchev–Trinajstić information content (AvgIpc) is 2.68. The Morgan fingerprint density at radius 1 is 1.17 bits per heavy atom. The maximum atomic E-state index is 12.7. The average molecular weight is 426 g/mol. The largest absolute Gasteiger partial charge is 0.493 e. The number of rotatable bonds is 7. The van der Waals surface area contributed by atoms with E-state index >= 15 is 0 Å². The molecule has 0 aliphatic rings. The fourth-order valence-corrected chi connectivity index (χ4v) is 2.57. The Hall–Kier alpha value is -3.27. The normalized spacial score (nSPS) is 12.2. The van der Waals surface area contributed by atoms with Gasteiger partial charge in [-0.25, -0.2) is 14.5 Å². The number of nitrogens with zero attached hydrogens (tertiary/aromatic N) is 1. The minimum Gasteiger partial charge on any atom is -0.493 e. The van der Waals surface area contributed by atoms with Gasteiger partial charge in [-0.2, -0.15) is 13.2 Å². The van der Waals surface area contributed by atoms with Crippen molar-refractivity contribution in [3.63, 3.8) is 0 Å². The number of carboxylic acid groups (broad SMARTS) is 1. The predicted octanol–water partition coefficient (Wildman–Crippen LogP) is 4.22. The van der Waals surface area contributed by atoms with Crippen LogP contribution in [-0.4, -0.2) is 46.5 Å². The number of anilines is 1. The first-order chi connectivity index (χ1) is 14.1. The third-order valence-corrected chi connectivity index (χ3v) is 4.15. The lowest BCUT2D eigenvalue weighted by atomic mass is 10.1. The summed E-state index contributed by atoms with van der Waals surface area (Å²) in [6.45, 7) is 1.02. The van der Waals surface area contributed by atoms with Crippen molar-refractivity contribution < 1.29 is 37.7 Å². The molecule has 0 aliphatic carbocycles.